The molecule has 69 heavy (non-hydrogen) atoms. The van der Waals surface area contributed by atoms with Crippen molar-refractivity contribution < 1.29 is 60.1 Å². The lowest BCUT2D eigenvalue weighted by molar-refractivity contribution is -0.123. The average Bonchev–Trinajstić information content (AvgIpc) is 3.90. The average molecular weight is 993 g/mol. The van der Waals surface area contributed by atoms with Gasteiger partial charge in [-0.2, -0.15) is 0 Å². The molecule has 0 radical (unpaired) electrons. The number of ether oxygens (including phenoxy) is 5. The molecule has 3 amide bonds. The van der Waals surface area contributed by atoms with Gasteiger partial charge in [-0.05, 0) is 127 Å². The van der Waals surface area contributed by atoms with E-state index in [1.165, 1.54) is 21.5 Å². The lowest BCUT2D eigenvalue weighted by atomic mass is 9.92. The summed E-state index contributed by atoms with van der Waals surface area (Å²) in [6, 6.07) is 33.6. The van der Waals surface area contributed by atoms with Gasteiger partial charge >= 0.3 is 18.3 Å². The summed E-state index contributed by atoms with van der Waals surface area (Å²) in [7, 11) is 1.69. The highest BCUT2D eigenvalue weighted by Gasteiger charge is 2.47. The van der Waals surface area contributed by atoms with Crippen molar-refractivity contribution in [3.63, 3.8) is 0 Å². The van der Waals surface area contributed by atoms with Gasteiger partial charge in [-0.3, -0.25) is 4.79 Å². The van der Waals surface area contributed by atoms with Gasteiger partial charge < -0.3 is 55.6 Å². The molecular formula is C54H75ClN3O10P. The van der Waals surface area contributed by atoms with Crippen LogP contribution < -0.4 is 28.3 Å². The fourth-order valence-electron chi connectivity index (χ4n) is 11.0. The number of fused-ring (bicyclic) bond motifs is 6. The van der Waals surface area contributed by atoms with Gasteiger partial charge in [-0.25, -0.2) is 14.4 Å². The fourth-order valence-corrected chi connectivity index (χ4v) is 14.8. The van der Waals surface area contributed by atoms with Crippen molar-refractivity contribution in [1.29, 1.82) is 0 Å². The first-order valence-electron chi connectivity index (χ1n) is 24.2. The van der Waals surface area contributed by atoms with Gasteiger partial charge in [0, 0.05) is 62.1 Å². The molecule has 0 spiro atoms. The van der Waals surface area contributed by atoms with Crippen LogP contribution in [0.2, 0.25) is 0 Å². The van der Waals surface area contributed by atoms with Crippen LogP contribution in [-0.4, -0.2) is 122 Å². The molecule has 6 bridgehead atoms. The summed E-state index contributed by atoms with van der Waals surface area (Å²) < 4.78 is 25.9. The monoisotopic (exact) mass is 991 g/mol. The zero-order valence-corrected chi connectivity index (χ0v) is 42.1. The van der Waals surface area contributed by atoms with E-state index in [1.807, 2.05) is 29.9 Å². The number of benzene rings is 3. The molecule has 378 valence electrons. The highest BCUT2D eigenvalue weighted by molar-refractivity contribution is 7.95. The number of halogens is 1. The third-order valence-electron chi connectivity index (χ3n) is 13.8. The first-order chi connectivity index (χ1) is 32.6. The number of amides is 3. The minimum Gasteiger partial charge on any atom is -1.00 e. The number of methoxy groups -OCH3 is 2. The summed E-state index contributed by atoms with van der Waals surface area (Å²) in [5, 5.41) is 4.07. The second-order valence-corrected chi connectivity index (χ2v) is 21.4. The van der Waals surface area contributed by atoms with Crippen LogP contribution in [0.25, 0.3) is 0 Å². The largest absolute Gasteiger partial charge is 1.00 e. The van der Waals surface area contributed by atoms with Gasteiger partial charge in [-0.1, -0.05) is 62.0 Å². The molecule has 6 fully saturated rings. The van der Waals surface area contributed by atoms with Crippen LogP contribution in [0.15, 0.2) is 103 Å². The van der Waals surface area contributed by atoms with Gasteiger partial charge in [0.1, 0.15) is 35.2 Å². The predicted octanol–water partition coefficient (Wildman–Crippen LogP) is 6.45. The van der Waals surface area contributed by atoms with E-state index in [1.54, 1.807) is 26.0 Å². The number of aldehydes is 1. The van der Waals surface area contributed by atoms with E-state index < -0.39 is 7.26 Å². The second kappa shape index (κ2) is 28.0. The van der Waals surface area contributed by atoms with Crippen molar-refractivity contribution in [3.05, 3.63) is 103 Å². The molecule has 6 saturated heterocycles. The van der Waals surface area contributed by atoms with E-state index in [-0.39, 0.29) is 74.0 Å². The van der Waals surface area contributed by atoms with Crippen LogP contribution >= 0.6 is 7.26 Å². The Morgan fingerprint density at radius 2 is 0.899 bits per heavy atom. The molecule has 6 atom stereocenters. The number of Topliss-reactive ketones (excluding diaryl/α,β-unsaturated/α-hetero) is 1. The summed E-state index contributed by atoms with van der Waals surface area (Å²) in [4.78, 5) is 62.6. The minimum atomic E-state index is -1.78. The molecule has 0 aliphatic carbocycles. The molecule has 15 heteroatoms. The van der Waals surface area contributed by atoms with Crippen LogP contribution in [0.4, 0.5) is 14.4 Å². The Labute approximate surface area is 417 Å². The Hall–Kier alpha value is -4.97. The number of piperidine rings is 3. The molecule has 6 aliphatic heterocycles. The molecule has 3 aromatic rings. The number of hydrogen-bond donors (Lipinski definition) is 0. The van der Waals surface area contributed by atoms with E-state index in [0.717, 1.165) is 70.5 Å². The number of ketones is 1. The van der Waals surface area contributed by atoms with Gasteiger partial charge in [-0.15, -0.1) is 0 Å². The van der Waals surface area contributed by atoms with Gasteiger partial charge in [0.15, 0.2) is 6.35 Å². The lowest BCUT2D eigenvalue weighted by Gasteiger charge is -2.36. The van der Waals surface area contributed by atoms with Gasteiger partial charge in [0.25, 0.3) is 0 Å². The van der Waals surface area contributed by atoms with Crippen molar-refractivity contribution in [2.24, 2.45) is 5.92 Å². The zero-order chi connectivity index (χ0) is 47.8. The topological polar surface area (TPSA) is 141 Å². The normalized spacial score (nSPS) is 23.7. The first kappa shape index (κ1) is 56.6. The molecule has 0 N–H and O–H groups in total. The van der Waals surface area contributed by atoms with Gasteiger partial charge in [0.2, 0.25) is 0 Å². The Balaban J connectivity index is 0.000000202. The molecule has 6 heterocycles. The zero-order valence-electron chi connectivity index (χ0n) is 40.4. The van der Waals surface area contributed by atoms with Crippen molar-refractivity contribution in [1.82, 2.24) is 14.7 Å². The third-order valence-corrected chi connectivity index (χ3v) is 17.9. The fraction of sp³-hybridized carbons (Fsp3) is 0.537. The Bertz CT molecular complexity index is 1960. The molecule has 6 unspecified atom stereocenters. The third kappa shape index (κ3) is 13.9. The SMILES string of the molecule is C.CCOC(=O)N1C2CCC1CC(=COC)C2.CCOC(=O)N1C2CCC1CC(=O)C2.CCOC(=O)N1C2CCC1CC(C=O)C2.COC[P+](c1ccccc1)(c1ccccc1)c1ccccc1.[Cl-]. The molecular weight excluding hydrogens is 917 g/mol. The van der Waals surface area contributed by atoms with Crippen LogP contribution in [0.3, 0.4) is 0 Å². The van der Waals surface area contributed by atoms with Crippen LogP contribution in [0.5, 0.6) is 0 Å². The Morgan fingerprint density at radius 3 is 1.22 bits per heavy atom. The summed E-state index contributed by atoms with van der Waals surface area (Å²) in [5.41, 5.74) is 1.32. The maximum Gasteiger partial charge on any atom is 0.410 e. The first-order valence-corrected chi connectivity index (χ1v) is 26.2. The standard InChI is InChI=1S/C20H20OP.C12H19NO3.C11H17NO3.C10H15NO3.CH4.ClH/c1-21-17-22(18-11-5-2-6-12-18,19-13-7-3-8-14-19)20-15-9-4-10-16-20;1-3-16-12(14)13-10-4-5-11(13)7-9(6-10)8-15-2;1-2-15-11(14)12-9-3-4-10(12)6-8(5-9)7-13;1-2-14-10(13)11-7-3-4-8(11)6-9(12)5-7;;/h2-16H,17H2,1H3;8,10-11H,3-7H2,1-2H3;7-10H,2-6H2,1H3;7-8H,2-6H2,1H3;1H4;1H/q+1;;;;;/p-1. The van der Waals surface area contributed by atoms with Crippen molar-refractivity contribution in [2.75, 3.05) is 40.4 Å². The van der Waals surface area contributed by atoms with Crippen LogP contribution in [0.1, 0.15) is 105 Å². The minimum absolute atomic E-state index is 0. The number of carbonyl (C=O) groups is 5. The Kier molecular flexibility index (Phi) is 23.0. The van der Waals surface area contributed by atoms with Crippen molar-refractivity contribution in [2.45, 2.75) is 141 Å². The summed E-state index contributed by atoms with van der Waals surface area (Å²) >= 11 is 0. The summed E-state index contributed by atoms with van der Waals surface area (Å²) in [6.07, 6.45) is 13.7. The van der Waals surface area contributed by atoms with Crippen LogP contribution in [0, 0.1) is 5.92 Å². The van der Waals surface area contributed by atoms with Crippen molar-refractivity contribution >= 4 is 53.5 Å². The molecule has 0 saturated carbocycles. The number of carbonyl (C=O) groups excluding carboxylic acids is 5. The van der Waals surface area contributed by atoms with Crippen LogP contribution in [-0.2, 0) is 33.3 Å². The summed E-state index contributed by atoms with van der Waals surface area (Å²) in [5.74, 6) is 0.436. The highest BCUT2D eigenvalue weighted by atomic mass is 35.5. The molecule has 13 nitrogen and oxygen atoms in total. The van der Waals surface area contributed by atoms with E-state index in [4.69, 9.17) is 23.7 Å². The van der Waals surface area contributed by atoms with E-state index in [0.29, 0.717) is 51.1 Å². The van der Waals surface area contributed by atoms with Crippen molar-refractivity contribution in [3.8, 4) is 0 Å². The summed E-state index contributed by atoms with van der Waals surface area (Å²) in [6.45, 7) is 6.75. The quantitative estimate of drug-likeness (QED) is 0.0964. The molecule has 9 rings (SSSR count). The number of rotatable bonds is 10. The lowest BCUT2D eigenvalue weighted by Crippen LogP contribution is -3.00. The molecule has 3 aromatic carbocycles. The van der Waals surface area contributed by atoms with E-state index in [9.17, 15) is 24.0 Å². The molecule has 0 aromatic heterocycles. The van der Waals surface area contributed by atoms with Gasteiger partial charge in [0.05, 0.1) is 33.2 Å². The Morgan fingerprint density at radius 1 is 0.565 bits per heavy atom. The maximum atomic E-state index is 11.8. The number of hydrogen-bond acceptors (Lipinski definition) is 10. The second-order valence-electron chi connectivity index (χ2n) is 17.9. The predicted molar refractivity (Wildman–Crippen MR) is 268 cm³/mol. The highest BCUT2D eigenvalue weighted by Crippen LogP contribution is 2.55. The molecule has 6 aliphatic rings. The smallest absolute Gasteiger partial charge is 0.410 e. The maximum absolute atomic E-state index is 11.8. The number of nitrogens with zero attached hydrogens (tertiary/aromatic N) is 3. The van der Waals surface area contributed by atoms with E-state index >= 15 is 0 Å². The van der Waals surface area contributed by atoms with E-state index in [2.05, 4.69) is 91.0 Å².